The summed E-state index contributed by atoms with van der Waals surface area (Å²) in [5, 5.41) is 1.70. The quantitative estimate of drug-likeness (QED) is 0.231. The summed E-state index contributed by atoms with van der Waals surface area (Å²) in [6.07, 6.45) is 4.81. The Bertz CT molecular complexity index is 1560. The number of methoxy groups -OCH3 is 1. The number of nitrogens with zero attached hydrogens (tertiary/aromatic N) is 1. The van der Waals surface area contributed by atoms with E-state index in [1.165, 1.54) is 31.4 Å². The molecule has 4 aromatic rings. The van der Waals surface area contributed by atoms with E-state index in [0.29, 0.717) is 35.0 Å². The molecule has 1 aliphatic heterocycles. The standard InChI is InChI=1S/C31H32FNO5S/c1-36-26-12-14-28-22(20-26)6-13-27(23-7-15-30(29(32)21-23)39(2,34)35)31(28)38-25-10-8-24(9-11-25)37-19-18-33-16-4-3-5-17-33/h6-15,20-21H,3-5,16-19H2,1-2H3. The number of hydrogen-bond donors (Lipinski definition) is 0. The van der Waals surface area contributed by atoms with E-state index < -0.39 is 15.7 Å². The Kier molecular flexibility index (Phi) is 8.04. The molecule has 0 N–H and O–H groups in total. The molecule has 0 unspecified atom stereocenters. The van der Waals surface area contributed by atoms with E-state index in [1.54, 1.807) is 13.2 Å². The maximum absolute atomic E-state index is 14.8. The van der Waals surface area contributed by atoms with Crippen LogP contribution in [0.2, 0.25) is 0 Å². The molecule has 204 valence electrons. The Morgan fingerprint density at radius 1 is 0.846 bits per heavy atom. The van der Waals surface area contributed by atoms with Crippen molar-refractivity contribution < 1.29 is 27.0 Å². The molecule has 6 nitrogen and oxygen atoms in total. The number of hydrogen-bond acceptors (Lipinski definition) is 6. The second-order valence-corrected chi connectivity index (χ2v) is 11.8. The lowest BCUT2D eigenvalue weighted by Crippen LogP contribution is -2.33. The zero-order valence-electron chi connectivity index (χ0n) is 22.2. The van der Waals surface area contributed by atoms with Crippen LogP contribution in [0.15, 0.2) is 77.7 Å². The normalized spacial score (nSPS) is 14.3. The molecular formula is C31H32FNO5S. The Hall–Kier alpha value is -3.62. The summed E-state index contributed by atoms with van der Waals surface area (Å²) in [5.41, 5.74) is 1.14. The molecule has 1 fully saturated rings. The van der Waals surface area contributed by atoms with Crippen LogP contribution in [0, 0.1) is 5.82 Å². The van der Waals surface area contributed by atoms with Gasteiger partial charge in [0, 0.05) is 23.8 Å². The zero-order chi connectivity index (χ0) is 27.4. The summed E-state index contributed by atoms with van der Waals surface area (Å²) >= 11 is 0. The van der Waals surface area contributed by atoms with Crippen LogP contribution in [0.25, 0.3) is 21.9 Å². The van der Waals surface area contributed by atoms with Gasteiger partial charge in [-0.15, -0.1) is 0 Å². The van der Waals surface area contributed by atoms with Crippen LogP contribution >= 0.6 is 0 Å². The summed E-state index contributed by atoms with van der Waals surface area (Å²) < 4.78 is 56.4. The van der Waals surface area contributed by atoms with Gasteiger partial charge in [-0.05, 0) is 97.5 Å². The first-order valence-corrected chi connectivity index (χ1v) is 14.9. The van der Waals surface area contributed by atoms with Gasteiger partial charge in [0.05, 0.1) is 7.11 Å². The van der Waals surface area contributed by atoms with E-state index >= 15 is 0 Å². The molecule has 4 aromatic carbocycles. The van der Waals surface area contributed by atoms with Gasteiger partial charge < -0.3 is 14.2 Å². The highest BCUT2D eigenvalue weighted by atomic mass is 32.2. The Balaban J connectivity index is 1.43. The highest BCUT2D eigenvalue weighted by molar-refractivity contribution is 7.90. The predicted octanol–water partition coefficient (Wildman–Crippen LogP) is 6.72. The van der Waals surface area contributed by atoms with Crippen LogP contribution < -0.4 is 14.2 Å². The maximum Gasteiger partial charge on any atom is 0.178 e. The topological polar surface area (TPSA) is 65.1 Å². The first-order valence-electron chi connectivity index (χ1n) is 13.1. The van der Waals surface area contributed by atoms with Gasteiger partial charge in [0.2, 0.25) is 0 Å². The van der Waals surface area contributed by atoms with Gasteiger partial charge in [0.1, 0.15) is 40.3 Å². The van der Waals surface area contributed by atoms with Crippen molar-refractivity contribution >= 4 is 20.6 Å². The van der Waals surface area contributed by atoms with Crippen LogP contribution in [0.3, 0.4) is 0 Å². The highest BCUT2D eigenvalue weighted by Gasteiger charge is 2.18. The second kappa shape index (κ2) is 11.6. The molecular weight excluding hydrogens is 517 g/mol. The molecule has 0 bridgehead atoms. The minimum absolute atomic E-state index is 0.338. The van der Waals surface area contributed by atoms with Crippen molar-refractivity contribution in [3.63, 3.8) is 0 Å². The third-order valence-electron chi connectivity index (χ3n) is 6.99. The highest BCUT2D eigenvalue weighted by Crippen LogP contribution is 2.41. The predicted molar refractivity (Wildman–Crippen MR) is 151 cm³/mol. The summed E-state index contributed by atoms with van der Waals surface area (Å²) in [4.78, 5) is 2.10. The Labute approximate surface area is 228 Å². The maximum atomic E-state index is 14.8. The fourth-order valence-electron chi connectivity index (χ4n) is 4.91. The first-order chi connectivity index (χ1) is 18.8. The van der Waals surface area contributed by atoms with Crippen LogP contribution in [-0.2, 0) is 9.84 Å². The Morgan fingerprint density at radius 2 is 1.56 bits per heavy atom. The number of ether oxygens (including phenoxy) is 3. The molecule has 0 amide bonds. The van der Waals surface area contributed by atoms with E-state index in [-0.39, 0.29) is 4.90 Å². The van der Waals surface area contributed by atoms with E-state index in [2.05, 4.69) is 4.90 Å². The average molecular weight is 550 g/mol. The van der Waals surface area contributed by atoms with Gasteiger partial charge in [-0.2, -0.15) is 0 Å². The molecule has 0 aromatic heterocycles. The largest absolute Gasteiger partial charge is 0.497 e. The SMILES string of the molecule is COc1ccc2c(Oc3ccc(OCCN4CCCCC4)cc3)c(-c3ccc(S(C)(=O)=O)c(F)c3)ccc2c1. The van der Waals surface area contributed by atoms with Gasteiger partial charge in [0.25, 0.3) is 0 Å². The molecule has 0 saturated carbocycles. The van der Waals surface area contributed by atoms with Crippen molar-refractivity contribution in [1.82, 2.24) is 4.90 Å². The first kappa shape index (κ1) is 27.0. The van der Waals surface area contributed by atoms with E-state index in [0.717, 1.165) is 42.4 Å². The fraction of sp³-hybridized carbons (Fsp3) is 0.290. The molecule has 8 heteroatoms. The van der Waals surface area contributed by atoms with Crippen molar-refractivity contribution in [3.05, 3.63) is 78.6 Å². The molecule has 1 saturated heterocycles. The number of piperidine rings is 1. The van der Waals surface area contributed by atoms with Gasteiger partial charge in [-0.1, -0.05) is 18.6 Å². The van der Waals surface area contributed by atoms with Crippen LogP contribution in [-0.4, -0.2) is 52.9 Å². The van der Waals surface area contributed by atoms with Crippen molar-refractivity contribution in [2.24, 2.45) is 0 Å². The third kappa shape index (κ3) is 6.34. The van der Waals surface area contributed by atoms with Crippen molar-refractivity contribution in [2.75, 3.05) is 39.6 Å². The monoisotopic (exact) mass is 549 g/mol. The minimum Gasteiger partial charge on any atom is -0.497 e. The van der Waals surface area contributed by atoms with Crippen LogP contribution in [0.1, 0.15) is 19.3 Å². The van der Waals surface area contributed by atoms with Crippen molar-refractivity contribution in [2.45, 2.75) is 24.2 Å². The molecule has 1 aliphatic rings. The lowest BCUT2D eigenvalue weighted by molar-refractivity contribution is 0.183. The van der Waals surface area contributed by atoms with Crippen LogP contribution in [0.4, 0.5) is 4.39 Å². The summed E-state index contributed by atoms with van der Waals surface area (Å²) in [5.74, 6) is 1.79. The molecule has 0 aliphatic carbocycles. The van der Waals surface area contributed by atoms with Gasteiger partial charge >= 0.3 is 0 Å². The summed E-state index contributed by atoms with van der Waals surface area (Å²) in [7, 11) is -2.08. The molecule has 5 rings (SSSR count). The lowest BCUT2D eigenvalue weighted by Gasteiger charge is -2.26. The lowest BCUT2D eigenvalue weighted by atomic mass is 9.99. The van der Waals surface area contributed by atoms with E-state index in [4.69, 9.17) is 14.2 Å². The summed E-state index contributed by atoms with van der Waals surface area (Å²) in [6.45, 7) is 3.81. The Morgan fingerprint density at radius 3 is 2.26 bits per heavy atom. The molecule has 0 radical (unpaired) electrons. The van der Waals surface area contributed by atoms with Crippen LogP contribution in [0.5, 0.6) is 23.0 Å². The number of fused-ring (bicyclic) bond motifs is 1. The van der Waals surface area contributed by atoms with E-state index in [9.17, 15) is 12.8 Å². The number of rotatable bonds is 9. The molecule has 1 heterocycles. The zero-order valence-corrected chi connectivity index (χ0v) is 23.0. The fourth-order valence-corrected chi connectivity index (χ4v) is 5.64. The van der Waals surface area contributed by atoms with Crippen molar-refractivity contribution in [1.29, 1.82) is 0 Å². The molecule has 39 heavy (non-hydrogen) atoms. The smallest absolute Gasteiger partial charge is 0.178 e. The number of sulfone groups is 1. The second-order valence-electron chi connectivity index (χ2n) is 9.77. The van der Waals surface area contributed by atoms with Crippen molar-refractivity contribution in [3.8, 4) is 34.1 Å². The number of likely N-dealkylation sites (tertiary alicyclic amines) is 1. The average Bonchev–Trinajstić information content (AvgIpc) is 2.93. The van der Waals surface area contributed by atoms with E-state index in [1.807, 2.05) is 54.6 Å². The van der Waals surface area contributed by atoms with Gasteiger partial charge in [-0.3, -0.25) is 4.90 Å². The minimum atomic E-state index is -3.69. The summed E-state index contributed by atoms with van der Waals surface area (Å²) in [6, 6.07) is 20.9. The van der Waals surface area contributed by atoms with Gasteiger partial charge in [0.15, 0.2) is 9.84 Å². The number of halogens is 1. The molecule has 0 atom stereocenters. The third-order valence-corrected chi connectivity index (χ3v) is 8.12. The molecule has 0 spiro atoms. The number of benzene rings is 4. The van der Waals surface area contributed by atoms with Gasteiger partial charge in [-0.25, -0.2) is 12.8 Å².